The Morgan fingerprint density at radius 3 is 1.93 bits per heavy atom. The van der Waals surface area contributed by atoms with E-state index in [2.05, 4.69) is 58.3 Å². The molecule has 0 aromatic carbocycles. The number of likely N-dealkylation sites (N-methyl/N-ethyl adjacent to an activating group) is 2. The molecular formula is C13H26N2. The highest BCUT2D eigenvalue weighted by molar-refractivity contribution is 5.24. The summed E-state index contributed by atoms with van der Waals surface area (Å²) in [5.41, 5.74) is 1.88. The van der Waals surface area contributed by atoms with Gasteiger partial charge in [0, 0.05) is 19.3 Å². The fourth-order valence-corrected chi connectivity index (χ4v) is 2.27. The van der Waals surface area contributed by atoms with Crippen LogP contribution >= 0.6 is 0 Å². The van der Waals surface area contributed by atoms with Crippen LogP contribution < -0.4 is 0 Å². The summed E-state index contributed by atoms with van der Waals surface area (Å²) in [6, 6.07) is 0. The van der Waals surface area contributed by atoms with Crippen LogP contribution in [0.4, 0.5) is 0 Å². The van der Waals surface area contributed by atoms with Crippen LogP contribution in [-0.2, 0) is 0 Å². The Morgan fingerprint density at radius 1 is 1.20 bits per heavy atom. The van der Waals surface area contributed by atoms with Crippen molar-refractivity contribution in [2.24, 2.45) is 5.41 Å². The molecule has 0 heterocycles. The molecule has 1 saturated carbocycles. The van der Waals surface area contributed by atoms with Gasteiger partial charge in [0.1, 0.15) is 0 Å². The summed E-state index contributed by atoms with van der Waals surface area (Å²) >= 11 is 0. The van der Waals surface area contributed by atoms with E-state index in [4.69, 9.17) is 0 Å². The minimum absolute atomic E-state index is 0.264. The van der Waals surface area contributed by atoms with E-state index in [1.54, 1.807) is 0 Å². The molecule has 88 valence electrons. The second-order valence-corrected chi connectivity index (χ2v) is 6.29. The Bertz CT molecular complexity index is 244. The monoisotopic (exact) mass is 210 g/mol. The predicted octanol–water partition coefficient (Wildman–Crippen LogP) is 2.57. The van der Waals surface area contributed by atoms with Gasteiger partial charge in [-0.2, -0.15) is 0 Å². The molecule has 1 aliphatic carbocycles. The van der Waals surface area contributed by atoms with E-state index in [0.717, 1.165) is 6.54 Å². The smallest absolute Gasteiger partial charge is 0.0600 e. The van der Waals surface area contributed by atoms with Gasteiger partial charge in [0.25, 0.3) is 0 Å². The highest BCUT2D eigenvalue weighted by atomic mass is 15.3. The van der Waals surface area contributed by atoms with E-state index in [-0.39, 0.29) is 5.54 Å². The molecule has 0 saturated heterocycles. The van der Waals surface area contributed by atoms with Crippen LogP contribution in [0.3, 0.4) is 0 Å². The normalized spacial score (nSPS) is 19.1. The van der Waals surface area contributed by atoms with Crippen LogP contribution in [0.2, 0.25) is 0 Å². The fourth-order valence-electron chi connectivity index (χ4n) is 2.27. The SMILES string of the molecule is C=C(N(C)CC(C)(C)C)C1(N(C)C)CC1. The molecule has 2 nitrogen and oxygen atoms in total. The summed E-state index contributed by atoms with van der Waals surface area (Å²) in [4.78, 5) is 4.64. The summed E-state index contributed by atoms with van der Waals surface area (Å²) in [7, 11) is 6.48. The topological polar surface area (TPSA) is 6.48 Å². The van der Waals surface area contributed by atoms with Crippen molar-refractivity contribution in [2.75, 3.05) is 27.7 Å². The van der Waals surface area contributed by atoms with Crippen molar-refractivity contribution in [2.45, 2.75) is 39.2 Å². The second kappa shape index (κ2) is 3.82. The molecule has 15 heavy (non-hydrogen) atoms. The van der Waals surface area contributed by atoms with Crippen molar-refractivity contribution in [3.63, 3.8) is 0 Å². The summed E-state index contributed by atoms with van der Waals surface area (Å²) in [5.74, 6) is 0. The maximum absolute atomic E-state index is 4.28. The van der Waals surface area contributed by atoms with Crippen molar-refractivity contribution in [1.29, 1.82) is 0 Å². The zero-order valence-electron chi connectivity index (χ0n) is 11.2. The molecule has 1 aliphatic rings. The molecular weight excluding hydrogens is 184 g/mol. The lowest BCUT2D eigenvalue weighted by Crippen LogP contribution is -2.40. The van der Waals surface area contributed by atoms with Gasteiger partial charge in [-0.1, -0.05) is 27.4 Å². The first-order chi connectivity index (χ1) is 6.69. The van der Waals surface area contributed by atoms with E-state index in [9.17, 15) is 0 Å². The molecule has 2 heteroatoms. The lowest BCUT2D eigenvalue weighted by molar-refractivity contribution is 0.208. The average molecular weight is 210 g/mol. The van der Waals surface area contributed by atoms with Gasteiger partial charge in [0.05, 0.1) is 5.54 Å². The first kappa shape index (κ1) is 12.6. The molecule has 0 spiro atoms. The van der Waals surface area contributed by atoms with Crippen molar-refractivity contribution in [3.05, 3.63) is 12.3 Å². The van der Waals surface area contributed by atoms with Gasteiger partial charge in [-0.05, 0) is 32.4 Å². The second-order valence-electron chi connectivity index (χ2n) is 6.29. The molecule has 0 aliphatic heterocycles. The lowest BCUT2D eigenvalue weighted by atomic mass is 9.95. The third kappa shape index (κ3) is 2.75. The third-order valence-corrected chi connectivity index (χ3v) is 3.29. The maximum atomic E-state index is 4.28. The van der Waals surface area contributed by atoms with E-state index >= 15 is 0 Å². The molecule has 1 rings (SSSR count). The van der Waals surface area contributed by atoms with E-state index in [0.29, 0.717) is 5.41 Å². The summed E-state index contributed by atoms with van der Waals surface area (Å²) in [6.07, 6.45) is 2.51. The van der Waals surface area contributed by atoms with Gasteiger partial charge in [0.15, 0.2) is 0 Å². The van der Waals surface area contributed by atoms with Crippen LogP contribution in [0.15, 0.2) is 12.3 Å². The summed E-state index contributed by atoms with van der Waals surface area (Å²) < 4.78 is 0. The van der Waals surface area contributed by atoms with Crippen LogP contribution in [0, 0.1) is 5.41 Å². The highest BCUT2D eigenvalue weighted by Gasteiger charge is 2.48. The number of hydrogen-bond donors (Lipinski definition) is 0. The van der Waals surface area contributed by atoms with Crippen molar-refractivity contribution in [3.8, 4) is 0 Å². The molecule has 0 N–H and O–H groups in total. The van der Waals surface area contributed by atoms with E-state index in [1.807, 2.05) is 0 Å². The Morgan fingerprint density at radius 2 is 1.67 bits per heavy atom. The van der Waals surface area contributed by atoms with E-state index in [1.165, 1.54) is 18.5 Å². The van der Waals surface area contributed by atoms with Gasteiger partial charge < -0.3 is 4.90 Å². The van der Waals surface area contributed by atoms with Gasteiger partial charge in [-0.15, -0.1) is 0 Å². The Labute approximate surface area is 94.9 Å². The molecule has 1 fully saturated rings. The minimum Gasteiger partial charge on any atom is -0.376 e. The van der Waals surface area contributed by atoms with Crippen LogP contribution in [0.5, 0.6) is 0 Å². The Balaban J connectivity index is 2.62. The molecule has 0 aromatic rings. The van der Waals surface area contributed by atoms with E-state index < -0.39 is 0 Å². The van der Waals surface area contributed by atoms with Crippen molar-refractivity contribution < 1.29 is 0 Å². The van der Waals surface area contributed by atoms with Crippen molar-refractivity contribution in [1.82, 2.24) is 9.80 Å². The number of hydrogen-bond acceptors (Lipinski definition) is 2. The molecule has 0 unspecified atom stereocenters. The molecule has 0 aromatic heterocycles. The Kier molecular flexibility index (Phi) is 3.20. The molecule has 0 atom stereocenters. The average Bonchev–Trinajstić information content (AvgIpc) is 2.79. The maximum Gasteiger partial charge on any atom is 0.0600 e. The zero-order chi connectivity index (χ0) is 11.9. The zero-order valence-corrected chi connectivity index (χ0v) is 11.2. The highest BCUT2D eigenvalue weighted by Crippen LogP contribution is 2.46. The molecule has 0 amide bonds. The largest absolute Gasteiger partial charge is 0.376 e. The Hall–Kier alpha value is -0.500. The summed E-state index contributed by atoms with van der Waals surface area (Å²) in [6.45, 7) is 12.2. The van der Waals surface area contributed by atoms with Crippen LogP contribution in [0.25, 0.3) is 0 Å². The molecule has 0 radical (unpaired) electrons. The van der Waals surface area contributed by atoms with Crippen molar-refractivity contribution >= 4 is 0 Å². The lowest BCUT2D eigenvalue weighted by Gasteiger charge is -2.36. The van der Waals surface area contributed by atoms with Gasteiger partial charge in [-0.3, -0.25) is 4.90 Å². The first-order valence-electron chi connectivity index (χ1n) is 5.77. The standard InChI is InChI=1S/C13H26N2/c1-11(13(8-9-13)14(5)6)15(7)10-12(2,3)4/h1,8-10H2,2-7H3. The number of rotatable bonds is 4. The van der Waals surface area contributed by atoms with Gasteiger partial charge >= 0.3 is 0 Å². The number of nitrogens with zero attached hydrogens (tertiary/aromatic N) is 2. The quantitative estimate of drug-likeness (QED) is 0.703. The van der Waals surface area contributed by atoms with Crippen LogP contribution in [-0.4, -0.2) is 43.0 Å². The van der Waals surface area contributed by atoms with Gasteiger partial charge in [-0.25, -0.2) is 0 Å². The summed E-state index contributed by atoms with van der Waals surface area (Å²) in [5, 5.41) is 0. The van der Waals surface area contributed by atoms with Crippen LogP contribution in [0.1, 0.15) is 33.6 Å². The van der Waals surface area contributed by atoms with Gasteiger partial charge in [0.2, 0.25) is 0 Å². The predicted molar refractivity (Wildman–Crippen MR) is 66.9 cm³/mol. The first-order valence-corrected chi connectivity index (χ1v) is 5.77. The fraction of sp³-hybridized carbons (Fsp3) is 0.846. The minimum atomic E-state index is 0.264. The molecule has 0 bridgehead atoms. The third-order valence-electron chi connectivity index (χ3n) is 3.29.